The van der Waals surface area contributed by atoms with Gasteiger partial charge in [0.2, 0.25) is 0 Å². The highest BCUT2D eigenvalue weighted by Gasteiger charge is 2.15. The number of aryl methyl sites for hydroxylation is 3. The van der Waals surface area contributed by atoms with Crippen LogP contribution in [0.4, 0.5) is 0 Å². The first-order chi connectivity index (χ1) is 8.06. The van der Waals surface area contributed by atoms with E-state index in [4.69, 9.17) is 4.74 Å². The van der Waals surface area contributed by atoms with Gasteiger partial charge >= 0.3 is 0 Å². The molecule has 0 N–H and O–H groups in total. The summed E-state index contributed by atoms with van der Waals surface area (Å²) in [5, 5.41) is 0. The fraction of sp³-hybridized carbons (Fsp3) is 0.500. The second-order valence-electron chi connectivity index (χ2n) is 5.29. The lowest BCUT2D eigenvalue weighted by molar-refractivity contribution is 0.148. The van der Waals surface area contributed by atoms with Gasteiger partial charge in [0.1, 0.15) is 0 Å². The predicted molar refractivity (Wildman–Crippen MR) is 72.2 cm³/mol. The Balaban J connectivity index is 2.11. The Morgan fingerprint density at radius 2 is 1.76 bits per heavy atom. The molecule has 1 atom stereocenters. The summed E-state index contributed by atoms with van der Waals surface area (Å²) < 4.78 is 5.62. The third kappa shape index (κ3) is 2.91. The van der Waals surface area contributed by atoms with E-state index in [2.05, 4.69) is 39.0 Å². The summed E-state index contributed by atoms with van der Waals surface area (Å²) in [5.74, 6) is 1.72. The zero-order chi connectivity index (χ0) is 12.4. The van der Waals surface area contributed by atoms with Crippen molar-refractivity contribution in [3.05, 3.63) is 46.2 Å². The molecule has 2 rings (SSSR count). The SMILES string of the molecule is CC1=CCC(Cc2cc(C)c(C)cc2C)CO1. The number of allylic oxidation sites excluding steroid dienone is 2. The molecule has 1 heterocycles. The maximum absolute atomic E-state index is 5.62. The Morgan fingerprint density at radius 1 is 1.06 bits per heavy atom. The smallest absolute Gasteiger partial charge is 0.0911 e. The summed E-state index contributed by atoms with van der Waals surface area (Å²) in [6.45, 7) is 9.50. The Labute approximate surface area is 104 Å². The van der Waals surface area contributed by atoms with Crippen molar-refractivity contribution in [1.82, 2.24) is 0 Å². The summed E-state index contributed by atoms with van der Waals surface area (Å²) in [4.78, 5) is 0. The quantitative estimate of drug-likeness (QED) is 0.743. The Hall–Kier alpha value is -1.24. The molecule has 92 valence electrons. The van der Waals surface area contributed by atoms with Crippen molar-refractivity contribution in [2.75, 3.05) is 6.61 Å². The Kier molecular flexibility index (Phi) is 3.56. The van der Waals surface area contributed by atoms with Crippen LogP contribution in [-0.2, 0) is 11.2 Å². The average molecular weight is 230 g/mol. The van der Waals surface area contributed by atoms with Crippen LogP contribution in [0.3, 0.4) is 0 Å². The van der Waals surface area contributed by atoms with Crippen LogP contribution in [0, 0.1) is 26.7 Å². The van der Waals surface area contributed by atoms with E-state index in [1.54, 1.807) is 0 Å². The van der Waals surface area contributed by atoms with Gasteiger partial charge in [0.05, 0.1) is 12.4 Å². The normalized spacial score (nSPS) is 19.8. The maximum atomic E-state index is 5.62. The molecule has 0 aliphatic carbocycles. The summed E-state index contributed by atoms with van der Waals surface area (Å²) >= 11 is 0. The van der Waals surface area contributed by atoms with E-state index in [1.807, 2.05) is 6.92 Å². The number of benzene rings is 1. The topological polar surface area (TPSA) is 9.23 Å². The Morgan fingerprint density at radius 3 is 2.41 bits per heavy atom. The lowest BCUT2D eigenvalue weighted by Crippen LogP contribution is -2.16. The van der Waals surface area contributed by atoms with Crippen LogP contribution in [-0.4, -0.2) is 6.61 Å². The van der Waals surface area contributed by atoms with Crippen LogP contribution < -0.4 is 0 Å². The monoisotopic (exact) mass is 230 g/mol. The first kappa shape index (κ1) is 12.2. The van der Waals surface area contributed by atoms with Crippen molar-refractivity contribution in [2.24, 2.45) is 5.92 Å². The summed E-state index contributed by atoms with van der Waals surface area (Å²) in [5.41, 5.74) is 5.69. The minimum atomic E-state index is 0.638. The largest absolute Gasteiger partial charge is 0.498 e. The molecule has 1 unspecified atom stereocenters. The van der Waals surface area contributed by atoms with Crippen LogP contribution in [0.5, 0.6) is 0 Å². The molecule has 0 radical (unpaired) electrons. The standard InChI is InChI=1S/C16H22O/c1-11-7-13(3)16(8-12(11)2)9-15-6-5-14(4)17-10-15/h5,7-8,15H,6,9-10H2,1-4H3. The fourth-order valence-electron chi connectivity index (χ4n) is 2.40. The number of ether oxygens (including phenoxy) is 1. The summed E-state index contributed by atoms with van der Waals surface area (Å²) in [6.07, 6.45) is 4.50. The molecule has 1 aliphatic rings. The van der Waals surface area contributed by atoms with E-state index in [0.717, 1.165) is 25.2 Å². The van der Waals surface area contributed by atoms with Crippen molar-refractivity contribution in [3.63, 3.8) is 0 Å². The molecule has 17 heavy (non-hydrogen) atoms. The second kappa shape index (κ2) is 4.95. The van der Waals surface area contributed by atoms with E-state index in [1.165, 1.54) is 22.3 Å². The molecule has 1 aromatic carbocycles. The highest BCUT2D eigenvalue weighted by Crippen LogP contribution is 2.23. The minimum Gasteiger partial charge on any atom is -0.498 e. The van der Waals surface area contributed by atoms with Crippen LogP contribution in [0.1, 0.15) is 35.6 Å². The lowest BCUT2D eigenvalue weighted by Gasteiger charge is -2.22. The molecular weight excluding hydrogens is 208 g/mol. The van der Waals surface area contributed by atoms with Crippen molar-refractivity contribution in [2.45, 2.75) is 40.5 Å². The van der Waals surface area contributed by atoms with Gasteiger partial charge in [-0.25, -0.2) is 0 Å². The van der Waals surface area contributed by atoms with Crippen LogP contribution in [0.25, 0.3) is 0 Å². The van der Waals surface area contributed by atoms with Crippen molar-refractivity contribution in [3.8, 4) is 0 Å². The van der Waals surface area contributed by atoms with Gasteiger partial charge in [0.15, 0.2) is 0 Å². The molecular formula is C16H22O. The van der Waals surface area contributed by atoms with E-state index in [9.17, 15) is 0 Å². The van der Waals surface area contributed by atoms with Gasteiger partial charge in [0.25, 0.3) is 0 Å². The molecule has 1 nitrogen and oxygen atoms in total. The zero-order valence-electron chi connectivity index (χ0n) is 11.3. The molecule has 1 aromatic rings. The third-order valence-corrected chi connectivity index (χ3v) is 3.75. The molecule has 0 saturated heterocycles. The van der Waals surface area contributed by atoms with Crippen molar-refractivity contribution in [1.29, 1.82) is 0 Å². The highest BCUT2D eigenvalue weighted by atomic mass is 16.5. The van der Waals surface area contributed by atoms with Crippen LogP contribution in [0.2, 0.25) is 0 Å². The van der Waals surface area contributed by atoms with Gasteiger partial charge in [-0.05, 0) is 68.9 Å². The number of rotatable bonds is 2. The summed E-state index contributed by atoms with van der Waals surface area (Å²) in [6, 6.07) is 4.64. The van der Waals surface area contributed by atoms with Gasteiger partial charge in [0, 0.05) is 5.92 Å². The Bertz CT molecular complexity index is 443. The zero-order valence-corrected chi connectivity index (χ0v) is 11.3. The van der Waals surface area contributed by atoms with Gasteiger partial charge in [-0.1, -0.05) is 12.1 Å². The molecule has 0 fully saturated rings. The average Bonchev–Trinajstić information content (AvgIpc) is 2.29. The van der Waals surface area contributed by atoms with Crippen molar-refractivity contribution < 1.29 is 4.74 Å². The van der Waals surface area contributed by atoms with Crippen molar-refractivity contribution >= 4 is 0 Å². The van der Waals surface area contributed by atoms with Gasteiger partial charge in [-0.2, -0.15) is 0 Å². The third-order valence-electron chi connectivity index (χ3n) is 3.75. The van der Waals surface area contributed by atoms with Gasteiger partial charge in [-0.15, -0.1) is 0 Å². The first-order valence-electron chi connectivity index (χ1n) is 6.42. The first-order valence-corrected chi connectivity index (χ1v) is 6.42. The van der Waals surface area contributed by atoms with E-state index < -0.39 is 0 Å². The molecule has 1 aliphatic heterocycles. The molecule has 1 heteroatoms. The number of hydrogen-bond donors (Lipinski definition) is 0. The summed E-state index contributed by atoms with van der Waals surface area (Å²) in [7, 11) is 0. The van der Waals surface area contributed by atoms with E-state index in [-0.39, 0.29) is 0 Å². The van der Waals surface area contributed by atoms with Gasteiger partial charge < -0.3 is 4.74 Å². The molecule has 0 spiro atoms. The molecule has 0 saturated carbocycles. The minimum absolute atomic E-state index is 0.638. The van der Waals surface area contributed by atoms with Crippen LogP contribution in [0.15, 0.2) is 24.0 Å². The van der Waals surface area contributed by atoms with E-state index in [0.29, 0.717) is 5.92 Å². The lowest BCUT2D eigenvalue weighted by atomic mass is 9.91. The second-order valence-corrected chi connectivity index (χ2v) is 5.29. The fourth-order valence-corrected chi connectivity index (χ4v) is 2.40. The van der Waals surface area contributed by atoms with Gasteiger partial charge in [-0.3, -0.25) is 0 Å². The maximum Gasteiger partial charge on any atom is 0.0911 e. The molecule has 0 aromatic heterocycles. The molecule has 0 bridgehead atoms. The highest BCUT2D eigenvalue weighted by molar-refractivity contribution is 5.36. The predicted octanol–water partition coefficient (Wildman–Crippen LogP) is 4.09. The molecule has 0 amide bonds. The van der Waals surface area contributed by atoms with Crippen LogP contribution >= 0.6 is 0 Å². The van der Waals surface area contributed by atoms with E-state index >= 15 is 0 Å². The number of hydrogen-bond acceptors (Lipinski definition) is 1.